The lowest BCUT2D eigenvalue weighted by atomic mass is 9.83. The first kappa shape index (κ1) is 17.5. The summed E-state index contributed by atoms with van der Waals surface area (Å²) in [5, 5.41) is 9.24. The lowest BCUT2D eigenvalue weighted by Gasteiger charge is -2.45. The monoisotopic (exact) mass is 360 g/mol. The molecule has 1 aromatic carbocycles. The van der Waals surface area contributed by atoms with Gasteiger partial charge in [-0.05, 0) is 44.6 Å². The maximum Gasteiger partial charge on any atom is 0.248 e. The highest BCUT2D eigenvalue weighted by Crippen LogP contribution is 2.53. The number of carbonyl (C=O) groups excluding carboxylic acids is 2. The number of rotatable bonds is 4. The Morgan fingerprint density at radius 2 is 1.81 bits per heavy atom. The molecular weight excluding hydrogens is 335 g/mol. The van der Waals surface area contributed by atoms with Crippen LogP contribution in [0.4, 0.5) is 4.39 Å². The van der Waals surface area contributed by atoms with E-state index in [1.807, 2.05) is 0 Å². The molecule has 140 valence electrons. The Hall–Kier alpha value is -1.95. The highest BCUT2D eigenvalue weighted by molar-refractivity contribution is 5.98. The third kappa shape index (κ3) is 2.46. The molecule has 1 aromatic rings. The lowest BCUT2D eigenvalue weighted by Crippen LogP contribution is -2.63. The fourth-order valence-electron chi connectivity index (χ4n) is 4.89. The molecule has 2 aliphatic heterocycles. The van der Waals surface area contributed by atoms with Crippen LogP contribution in [-0.4, -0.2) is 58.5 Å². The van der Waals surface area contributed by atoms with Gasteiger partial charge in [0.25, 0.3) is 0 Å². The first-order chi connectivity index (χ1) is 12.5. The molecule has 3 aliphatic rings. The van der Waals surface area contributed by atoms with Crippen molar-refractivity contribution in [2.75, 3.05) is 26.2 Å². The highest BCUT2D eigenvalue weighted by Gasteiger charge is 2.60. The second kappa shape index (κ2) is 6.34. The number of benzene rings is 1. The molecule has 6 heteroatoms. The fraction of sp³-hybridized carbons (Fsp3) is 0.600. The molecular formula is C20H25FN2O3. The maximum absolute atomic E-state index is 14.4. The molecule has 1 unspecified atom stereocenters. The summed E-state index contributed by atoms with van der Waals surface area (Å²) in [4.78, 5) is 30.1. The molecule has 4 rings (SSSR count). The van der Waals surface area contributed by atoms with Gasteiger partial charge in [0.2, 0.25) is 11.8 Å². The van der Waals surface area contributed by atoms with Crippen LogP contribution in [0, 0.1) is 5.82 Å². The largest absolute Gasteiger partial charge is 0.395 e. The topological polar surface area (TPSA) is 60.9 Å². The molecule has 1 aliphatic carbocycles. The number of halogens is 1. The van der Waals surface area contributed by atoms with E-state index >= 15 is 0 Å². The molecule has 0 aromatic heterocycles. The van der Waals surface area contributed by atoms with Gasteiger partial charge in [-0.15, -0.1) is 0 Å². The number of nitrogens with zero attached hydrogens (tertiary/aromatic N) is 2. The number of aliphatic hydroxyl groups excluding tert-OH is 1. The summed E-state index contributed by atoms with van der Waals surface area (Å²) in [7, 11) is 0. The minimum atomic E-state index is -0.803. The summed E-state index contributed by atoms with van der Waals surface area (Å²) in [5.74, 6) is -0.490. The van der Waals surface area contributed by atoms with Crippen molar-refractivity contribution in [2.45, 2.75) is 49.5 Å². The molecule has 2 saturated heterocycles. The van der Waals surface area contributed by atoms with E-state index in [2.05, 4.69) is 0 Å². The number of hydrogen-bond acceptors (Lipinski definition) is 3. The number of β-amino-alcohol motifs (C(OH)–C–C–N with tert-alkyl or cyclic N) is 1. The number of amides is 2. The lowest BCUT2D eigenvalue weighted by molar-refractivity contribution is -0.157. The molecule has 2 amide bonds. The molecule has 1 atom stereocenters. The van der Waals surface area contributed by atoms with Crippen molar-refractivity contribution in [1.82, 2.24) is 9.80 Å². The van der Waals surface area contributed by atoms with Crippen LogP contribution in [0.25, 0.3) is 0 Å². The Labute approximate surface area is 152 Å². The van der Waals surface area contributed by atoms with Crippen molar-refractivity contribution in [2.24, 2.45) is 0 Å². The number of likely N-dealkylation sites (tertiary alicyclic amines) is 2. The molecule has 1 saturated carbocycles. The molecule has 3 fully saturated rings. The third-order valence-corrected chi connectivity index (χ3v) is 6.36. The van der Waals surface area contributed by atoms with Crippen LogP contribution in [0.5, 0.6) is 0 Å². The van der Waals surface area contributed by atoms with E-state index in [0.717, 1.165) is 12.8 Å². The van der Waals surface area contributed by atoms with Gasteiger partial charge >= 0.3 is 0 Å². The quantitative estimate of drug-likeness (QED) is 0.891. The van der Waals surface area contributed by atoms with Gasteiger partial charge in [-0.1, -0.05) is 18.2 Å². The normalized spacial score (nSPS) is 27.2. The molecule has 1 spiro atoms. The van der Waals surface area contributed by atoms with Crippen LogP contribution in [0.1, 0.15) is 44.1 Å². The zero-order chi connectivity index (χ0) is 18.4. The summed E-state index contributed by atoms with van der Waals surface area (Å²) in [5.41, 5.74) is -1.14. The second-order valence-electron chi connectivity index (χ2n) is 7.77. The number of hydrogen-bond donors (Lipinski definition) is 1. The predicted molar refractivity (Wildman–Crippen MR) is 93.9 cm³/mol. The fourth-order valence-corrected chi connectivity index (χ4v) is 4.89. The molecule has 2 heterocycles. The summed E-state index contributed by atoms with van der Waals surface area (Å²) in [6.07, 6.45) is 4.20. The number of carbonyl (C=O) groups is 2. The van der Waals surface area contributed by atoms with E-state index < -0.39 is 11.0 Å². The summed E-state index contributed by atoms with van der Waals surface area (Å²) in [6, 6.07) is 6.50. The van der Waals surface area contributed by atoms with E-state index in [9.17, 15) is 19.1 Å². The Kier molecular flexibility index (Phi) is 4.26. The maximum atomic E-state index is 14.4. The summed E-state index contributed by atoms with van der Waals surface area (Å²) in [6.45, 7) is 1.41. The smallest absolute Gasteiger partial charge is 0.248 e. The first-order valence-electron chi connectivity index (χ1n) is 9.52. The SMILES string of the molecule is O=C(N1CCCC12CCCN(CCO)C2=O)C1(c2ccccc2F)CC1. The van der Waals surface area contributed by atoms with Gasteiger partial charge in [-0.2, -0.15) is 0 Å². The molecule has 0 bridgehead atoms. The van der Waals surface area contributed by atoms with Crippen molar-refractivity contribution >= 4 is 11.8 Å². The predicted octanol–water partition coefficient (Wildman–Crippen LogP) is 1.83. The average molecular weight is 360 g/mol. The van der Waals surface area contributed by atoms with Gasteiger partial charge in [0.15, 0.2) is 0 Å². The second-order valence-corrected chi connectivity index (χ2v) is 7.77. The minimum absolute atomic E-state index is 0.0482. The van der Waals surface area contributed by atoms with E-state index in [0.29, 0.717) is 50.9 Å². The Morgan fingerprint density at radius 1 is 1.12 bits per heavy atom. The van der Waals surface area contributed by atoms with Gasteiger partial charge < -0.3 is 14.9 Å². The molecule has 1 N–H and O–H groups in total. The van der Waals surface area contributed by atoms with Gasteiger partial charge in [-0.25, -0.2) is 4.39 Å². The van der Waals surface area contributed by atoms with Crippen molar-refractivity contribution < 1.29 is 19.1 Å². The van der Waals surface area contributed by atoms with Gasteiger partial charge in [0.1, 0.15) is 11.4 Å². The van der Waals surface area contributed by atoms with Crippen LogP contribution < -0.4 is 0 Å². The van der Waals surface area contributed by atoms with E-state index in [-0.39, 0.29) is 24.2 Å². The number of aliphatic hydroxyl groups is 1. The van der Waals surface area contributed by atoms with E-state index in [1.165, 1.54) is 6.07 Å². The van der Waals surface area contributed by atoms with Crippen LogP contribution in [0.15, 0.2) is 24.3 Å². The van der Waals surface area contributed by atoms with Gasteiger partial charge in [0.05, 0.1) is 12.0 Å². The Balaban J connectivity index is 1.66. The summed E-state index contributed by atoms with van der Waals surface area (Å²) < 4.78 is 14.4. The molecule has 0 radical (unpaired) electrons. The van der Waals surface area contributed by atoms with E-state index in [4.69, 9.17) is 0 Å². The summed E-state index contributed by atoms with van der Waals surface area (Å²) >= 11 is 0. The minimum Gasteiger partial charge on any atom is -0.395 e. The molecule has 26 heavy (non-hydrogen) atoms. The van der Waals surface area contributed by atoms with Crippen LogP contribution in [-0.2, 0) is 15.0 Å². The Morgan fingerprint density at radius 3 is 2.46 bits per heavy atom. The van der Waals surface area contributed by atoms with Crippen LogP contribution in [0.2, 0.25) is 0 Å². The van der Waals surface area contributed by atoms with E-state index in [1.54, 1.807) is 28.0 Å². The van der Waals surface area contributed by atoms with Crippen molar-refractivity contribution in [1.29, 1.82) is 0 Å². The van der Waals surface area contributed by atoms with Gasteiger partial charge in [0, 0.05) is 25.2 Å². The van der Waals surface area contributed by atoms with Crippen molar-refractivity contribution in [3.63, 3.8) is 0 Å². The zero-order valence-electron chi connectivity index (χ0n) is 14.9. The average Bonchev–Trinajstić information content (AvgIpc) is 3.34. The standard InChI is InChI=1S/C20H25FN2O3/c21-16-6-2-1-5-15(16)19(9-10-19)17(25)23-12-4-8-20(23)7-3-11-22(13-14-24)18(20)26/h1-2,5-6,24H,3-4,7-14H2. The van der Waals surface area contributed by atoms with Gasteiger partial charge in [-0.3, -0.25) is 9.59 Å². The van der Waals surface area contributed by atoms with Crippen molar-refractivity contribution in [3.8, 4) is 0 Å². The third-order valence-electron chi connectivity index (χ3n) is 6.36. The zero-order valence-corrected chi connectivity index (χ0v) is 14.9. The number of piperidine rings is 1. The highest BCUT2D eigenvalue weighted by atomic mass is 19.1. The molecule has 5 nitrogen and oxygen atoms in total. The van der Waals surface area contributed by atoms with Crippen LogP contribution >= 0.6 is 0 Å². The van der Waals surface area contributed by atoms with Crippen LogP contribution in [0.3, 0.4) is 0 Å². The van der Waals surface area contributed by atoms with Crippen molar-refractivity contribution in [3.05, 3.63) is 35.6 Å². The first-order valence-corrected chi connectivity index (χ1v) is 9.52. The Bertz CT molecular complexity index is 732.